The second-order valence-corrected chi connectivity index (χ2v) is 12.2. The lowest BCUT2D eigenvalue weighted by Gasteiger charge is -2.55. The highest BCUT2D eigenvalue weighted by atomic mass is 32.2. The van der Waals surface area contributed by atoms with Gasteiger partial charge in [-0.25, -0.2) is 0 Å². The summed E-state index contributed by atoms with van der Waals surface area (Å²) in [5.74, 6) is 6.37. The lowest BCUT2D eigenvalue weighted by molar-refractivity contribution is 0.0521. The zero-order valence-corrected chi connectivity index (χ0v) is 18.9. The summed E-state index contributed by atoms with van der Waals surface area (Å²) in [5, 5.41) is 0. The molecule has 5 nitrogen and oxygen atoms in total. The number of nitrogens with zero attached hydrogens (tertiary/aromatic N) is 4. The van der Waals surface area contributed by atoms with Gasteiger partial charge in [-0.3, -0.25) is 4.21 Å². The van der Waals surface area contributed by atoms with Crippen LogP contribution in [0.5, 0.6) is 0 Å². The first-order chi connectivity index (χ1) is 12.0. The van der Waals surface area contributed by atoms with Crippen LogP contribution < -0.4 is 0 Å². The molecule has 0 saturated carbocycles. The van der Waals surface area contributed by atoms with E-state index in [0.29, 0.717) is 5.41 Å². The standard InChI is InChI=1S/C7H13NOS.C7H15N.C6H14N2.CH4/c1-8-3-7(4-8)5-10(2,9)6-7;1-6-4-7(2)8(3)5-6;1-7-3-5-8(2)6-4-7;/h2-6H2,1H3;6-7H,4-5H2,1-3H3;3-6H2,1-2H3;1H4/t;6?,7-;;/m.0../s1. The molecule has 1 spiro atoms. The molecular formula is C21H46N4OS. The van der Waals surface area contributed by atoms with Gasteiger partial charge in [-0.1, -0.05) is 14.4 Å². The Balaban J connectivity index is 0.000000201. The number of piperazine rings is 1. The highest BCUT2D eigenvalue weighted by Crippen LogP contribution is 2.40. The van der Waals surface area contributed by atoms with E-state index in [9.17, 15) is 4.21 Å². The Labute approximate surface area is 170 Å². The van der Waals surface area contributed by atoms with Gasteiger partial charge in [0.2, 0.25) is 0 Å². The Bertz CT molecular complexity index is 502. The molecule has 4 aliphatic rings. The van der Waals surface area contributed by atoms with Gasteiger partial charge >= 0.3 is 0 Å². The molecule has 4 rings (SSSR count). The molecule has 4 saturated heterocycles. The predicted molar refractivity (Wildman–Crippen MR) is 123 cm³/mol. The maximum atomic E-state index is 11.2. The van der Waals surface area contributed by atoms with Gasteiger partial charge in [0.05, 0.1) is 0 Å². The van der Waals surface area contributed by atoms with E-state index < -0.39 is 9.52 Å². The molecule has 4 heterocycles. The van der Waals surface area contributed by atoms with E-state index in [0.717, 1.165) is 36.6 Å². The van der Waals surface area contributed by atoms with Gasteiger partial charge in [-0.15, -0.1) is 0 Å². The average Bonchev–Trinajstić information content (AvgIpc) is 2.76. The Morgan fingerprint density at radius 2 is 1.33 bits per heavy atom. The van der Waals surface area contributed by atoms with Crippen LogP contribution in [-0.4, -0.2) is 121 Å². The minimum absolute atomic E-state index is 0. The fraction of sp³-hybridized carbons (Fsp3) is 0.952. The van der Waals surface area contributed by atoms with Crippen molar-refractivity contribution >= 4 is 15.4 Å². The predicted octanol–water partition coefficient (Wildman–Crippen LogP) is 1.49. The molecule has 2 atom stereocenters. The van der Waals surface area contributed by atoms with Gasteiger partial charge in [-0.05, 0) is 62.8 Å². The van der Waals surface area contributed by atoms with E-state index in [1.54, 1.807) is 0 Å². The molecule has 0 radical (unpaired) electrons. The number of hydrogen-bond donors (Lipinski definition) is 0. The second-order valence-electron chi connectivity index (χ2n) is 9.66. The molecule has 4 aliphatic heterocycles. The summed E-state index contributed by atoms with van der Waals surface area (Å²) in [6.07, 6.45) is 1.39. The Morgan fingerprint density at radius 3 is 1.56 bits per heavy atom. The van der Waals surface area contributed by atoms with Crippen LogP contribution in [0.3, 0.4) is 0 Å². The van der Waals surface area contributed by atoms with Gasteiger partial charge < -0.3 is 19.6 Å². The van der Waals surface area contributed by atoms with Gasteiger partial charge in [0.1, 0.15) is 0 Å². The lowest BCUT2D eigenvalue weighted by Crippen LogP contribution is -2.67. The summed E-state index contributed by atoms with van der Waals surface area (Å²) >= 11 is 0. The van der Waals surface area contributed by atoms with Crippen molar-refractivity contribution in [2.45, 2.75) is 33.7 Å². The summed E-state index contributed by atoms with van der Waals surface area (Å²) < 4.78 is 11.2. The van der Waals surface area contributed by atoms with Crippen LogP contribution in [0.4, 0.5) is 0 Å². The quantitative estimate of drug-likeness (QED) is 0.573. The first kappa shape index (κ1) is 24.9. The van der Waals surface area contributed by atoms with E-state index in [4.69, 9.17) is 0 Å². The minimum Gasteiger partial charge on any atom is -0.305 e. The lowest BCUT2D eigenvalue weighted by atomic mass is 9.83. The van der Waals surface area contributed by atoms with Crippen molar-refractivity contribution in [2.24, 2.45) is 11.3 Å². The molecule has 0 aromatic carbocycles. The first-order valence-electron chi connectivity index (χ1n) is 10.1. The van der Waals surface area contributed by atoms with E-state index in [1.807, 2.05) is 0 Å². The molecule has 1 unspecified atom stereocenters. The number of hydrogen-bond acceptors (Lipinski definition) is 5. The Kier molecular flexibility index (Phi) is 9.28. The van der Waals surface area contributed by atoms with E-state index in [2.05, 4.69) is 67.5 Å². The molecule has 6 heteroatoms. The smallest absolute Gasteiger partial charge is 0.0248 e. The molecule has 4 fully saturated rings. The van der Waals surface area contributed by atoms with Crippen LogP contribution in [-0.2, 0) is 9.52 Å². The topological polar surface area (TPSA) is 30.0 Å². The van der Waals surface area contributed by atoms with Crippen molar-refractivity contribution in [1.29, 1.82) is 0 Å². The fourth-order valence-corrected chi connectivity index (χ4v) is 7.28. The third-order valence-electron chi connectivity index (χ3n) is 6.17. The highest BCUT2D eigenvalue weighted by Gasteiger charge is 2.51. The van der Waals surface area contributed by atoms with Gasteiger partial charge in [0.25, 0.3) is 0 Å². The highest BCUT2D eigenvalue weighted by molar-refractivity contribution is 8.01. The monoisotopic (exact) mass is 402 g/mol. The maximum Gasteiger partial charge on any atom is 0.0248 e. The molecule has 0 aromatic heterocycles. The largest absolute Gasteiger partial charge is 0.305 e. The molecular weight excluding hydrogens is 356 g/mol. The summed E-state index contributed by atoms with van der Waals surface area (Å²) in [7, 11) is 7.06. The van der Waals surface area contributed by atoms with Crippen LogP contribution in [0.25, 0.3) is 0 Å². The third-order valence-corrected chi connectivity index (χ3v) is 8.45. The number of likely N-dealkylation sites (N-methyl/N-ethyl adjacent to an activating group) is 2. The summed E-state index contributed by atoms with van der Waals surface area (Å²) in [5.41, 5.74) is 0.438. The summed E-state index contributed by atoms with van der Waals surface area (Å²) in [6, 6.07) is 0.824. The van der Waals surface area contributed by atoms with Gasteiger partial charge in [-0.2, -0.15) is 0 Å². The Hall–Kier alpha value is -0.140. The van der Waals surface area contributed by atoms with Crippen molar-refractivity contribution in [3.63, 3.8) is 0 Å². The fourth-order valence-electron chi connectivity index (χ4n) is 4.77. The van der Waals surface area contributed by atoms with Crippen molar-refractivity contribution < 1.29 is 4.21 Å². The minimum atomic E-state index is -1.60. The molecule has 0 N–H and O–H groups in total. The molecule has 0 amide bonds. The average molecular weight is 403 g/mol. The molecule has 0 aliphatic carbocycles. The van der Waals surface area contributed by atoms with E-state index in [-0.39, 0.29) is 7.43 Å². The first-order valence-corrected chi connectivity index (χ1v) is 12.2. The second kappa shape index (κ2) is 10.1. The van der Waals surface area contributed by atoms with E-state index in [1.165, 1.54) is 39.1 Å². The SMILES string of the molecule is C.C=S1(=O)CC2(CN(C)C2)C1.CC1C[C@H](C)N(C)C1.CN1CCN(C)CC1. The third kappa shape index (κ3) is 7.65. The molecule has 0 aromatic rings. The summed E-state index contributed by atoms with van der Waals surface area (Å²) in [6.45, 7) is 13.1. The van der Waals surface area contributed by atoms with Crippen LogP contribution in [0, 0.1) is 11.3 Å². The maximum absolute atomic E-state index is 11.2. The Morgan fingerprint density at radius 1 is 0.889 bits per heavy atom. The van der Waals surface area contributed by atoms with Gasteiger partial charge in [0, 0.05) is 68.8 Å². The van der Waals surface area contributed by atoms with Gasteiger partial charge in [0.15, 0.2) is 0 Å². The number of rotatable bonds is 0. The van der Waals surface area contributed by atoms with Crippen LogP contribution in [0.1, 0.15) is 27.7 Å². The molecule has 162 valence electrons. The van der Waals surface area contributed by atoms with Crippen LogP contribution >= 0.6 is 0 Å². The van der Waals surface area contributed by atoms with Crippen molar-refractivity contribution in [3.05, 3.63) is 0 Å². The zero-order valence-electron chi connectivity index (χ0n) is 18.0. The zero-order chi connectivity index (χ0) is 19.5. The molecule has 0 bridgehead atoms. The molecule has 27 heavy (non-hydrogen) atoms. The van der Waals surface area contributed by atoms with E-state index >= 15 is 0 Å². The van der Waals surface area contributed by atoms with Crippen LogP contribution in [0.2, 0.25) is 0 Å². The van der Waals surface area contributed by atoms with Crippen LogP contribution in [0.15, 0.2) is 0 Å². The van der Waals surface area contributed by atoms with Crippen molar-refractivity contribution in [1.82, 2.24) is 19.6 Å². The number of likely N-dealkylation sites (tertiary alicyclic amines) is 2. The normalized spacial score (nSPS) is 32.8. The summed E-state index contributed by atoms with van der Waals surface area (Å²) in [4.78, 5) is 9.42. The van der Waals surface area contributed by atoms with Crippen molar-refractivity contribution in [3.8, 4) is 0 Å². The van der Waals surface area contributed by atoms with Crippen molar-refractivity contribution in [2.75, 3.05) is 85.5 Å².